The van der Waals surface area contributed by atoms with Gasteiger partial charge in [0.05, 0.1) is 35.3 Å². The number of aliphatic carboxylic acids is 1. The highest BCUT2D eigenvalue weighted by Gasteiger charge is 2.59. The smallest absolute Gasteiger partial charge is 0.407 e. The molecule has 1 unspecified atom stereocenters. The number of amides is 2. The van der Waals surface area contributed by atoms with E-state index in [1.807, 2.05) is 6.92 Å². The van der Waals surface area contributed by atoms with Gasteiger partial charge in [-0.1, -0.05) is 6.92 Å². The van der Waals surface area contributed by atoms with Crippen LogP contribution in [0.3, 0.4) is 0 Å². The number of nitrogens with one attached hydrogen (secondary N) is 1. The molecule has 4 aliphatic rings. The number of anilines is 1. The van der Waals surface area contributed by atoms with Crippen molar-refractivity contribution < 1.29 is 43.6 Å². The van der Waals surface area contributed by atoms with Gasteiger partial charge >= 0.3 is 18.0 Å². The molecular formula is C30H33FN4O9S. The third kappa shape index (κ3) is 5.41. The monoisotopic (exact) mass is 644 g/mol. The molecule has 1 saturated carbocycles. The summed E-state index contributed by atoms with van der Waals surface area (Å²) >= 11 is 1.20. The van der Waals surface area contributed by atoms with Gasteiger partial charge in [0, 0.05) is 47.3 Å². The first kappa shape index (κ1) is 30.9. The number of aliphatic hydroxyl groups excluding tert-OH is 1. The molecule has 4 heterocycles. The zero-order valence-electron chi connectivity index (χ0n) is 24.6. The van der Waals surface area contributed by atoms with Gasteiger partial charge in [0.15, 0.2) is 0 Å². The number of thioether (sulfide) groups is 1. The van der Waals surface area contributed by atoms with Crippen LogP contribution in [0.4, 0.5) is 14.9 Å². The molecule has 13 nitrogen and oxygen atoms in total. The summed E-state index contributed by atoms with van der Waals surface area (Å²) in [6.07, 6.45) is 1.93. The molecule has 3 fully saturated rings. The number of rotatable bonds is 10. The topological polar surface area (TPSA) is 179 Å². The Morgan fingerprint density at radius 1 is 1.16 bits per heavy atom. The minimum absolute atomic E-state index is 0.0100. The van der Waals surface area contributed by atoms with E-state index < -0.39 is 58.8 Å². The number of aliphatic hydroxyl groups is 1. The number of nitrogens with zero attached hydrogens (tertiary/aromatic N) is 3. The van der Waals surface area contributed by atoms with Gasteiger partial charge in [-0.3, -0.25) is 9.59 Å². The maximum atomic E-state index is 15.3. The van der Waals surface area contributed by atoms with Crippen molar-refractivity contribution in [3.8, 4) is 0 Å². The number of fused-ring (bicyclic) bond motifs is 2. The second-order valence-corrected chi connectivity index (χ2v) is 13.1. The van der Waals surface area contributed by atoms with Crippen LogP contribution < -0.4 is 15.6 Å². The summed E-state index contributed by atoms with van der Waals surface area (Å²) in [6.45, 7) is 4.02. The average molecular weight is 645 g/mol. The number of ether oxygens (including phenoxy) is 1. The maximum absolute atomic E-state index is 15.3. The third-order valence-electron chi connectivity index (χ3n) is 9.01. The molecule has 6 rings (SSSR count). The summed E-state index contributed by atoms with van der Waals surface area (Å²) in [5.74, 6) is -4.35. The van der Waals surface area contributed by atoms with Crippen LogP contribution in [0.2, 0.25) is 0 Å². The summed E-state index contributed by atoms with van der Waals surface area (Å²) in [5.41, 5.74) is -0.506. The average Bonchev–Trinajstić information content (AvgIpc) is 3.66. The van der Waals surface area contributed by atoms with Crippen molar-refractivity contribution in [2.24, 2.45) is 11.8 Å². The summed E-state index contributed by atoms with van der Waals surface area (Å²) in [4.78, 5) is 64.8. The lowest BCUT2D eigenvalue weighted by Crippen LogP contribution is -2.63. The summed E-state index contributed by atoms with van der Waals surface area (Å²) in [6, 6.07) is 1.94. The zero-order valence-corrected chi connectivity index (χ0v) is 25.4. The van der Waals surface area contributed by atoms with E-state index in [1.54, 1.807) is 15.5 Å². The first-order chi connectivity index (χ1) is 21.4. The molecule has 4 N–H and O–H groups in total. The van der Waals surface area contributed by atoms with Gasteiger partial charge in [0.1, 0.15) is 23.7 Å². The molecule has 1 aromatic heterocycles. The van der Waals surface area contributed by atoms with Crippen molar-refractivity contribution in [3.63, 3.8) is 0 Å². The van der Waals surface area contributed by atoms with Crippen LogP contribution in [0.15, 0.2) is 33.7 Å². The highest BCUT2D eigenvalue weighted by atomic mass is 32.2. The highest BCUT2D eigenvalue weighted by Crippen LogP contribution is 2.50. The number of hydrogen-bond donors (Lipinski definition) is 4. The van der Waals surface area contributed by atoms with Crippen LogP contribution in [0.1, 0.15) is 49.5 Å². The molecule has 5 atom stereocenters. The normalized spacial score (nSPS) is 24.9. The fourth-order valence-corrected chi connectivity index (χ4v) is 7.83. The molecule has 1 aromatic carbocycles. The number of carbonyl (C=O) groups is 4. The number of carboxylic acid groups (broad SMARTS) is 2. The van der Waals surface area contributed by atoms with Crippen LogP contribution in [0.25, 0.3) is 10.9 Å². The van der Waals surface area contributed by atoms with Gasteiger partial charge in [0.2, 0.25) is 11.3 Å². The largest absolute Gasteiger partial charge is 0.477 e. The lowest BCUT2D eigenvalue weighted by Gasteiger charge is -2.46. The van der Waals surface area contributed by atoms with E-state index in [0.717, 1.165) is 18.9 Å². The van der Waals surface area contributed by atoms with Crippen LogP contribution in [-0.4, -0.2) is 92.4 Å². The Hall–Kier alpha value is -4.11. The van der Waals surface area contributed by atoms with Crippen LogP contribution in [0, 0.1) is 17.7 Å². The standard InChI is InChI=1S/C30H33FN4O9S/c1-13-23-22(14(2)36)27(38)35(23)24(29(41)42)26(13)45-8-7-44-30(43)32-15-5-6-33(11-15)21-10-20-17(9-19(21)31)25(37)18(28(39)40)12-34(20)16-3-4-16/h9-10,12-16,22-23,36H,3-8,11H2,1-2H3,(H,32,43)(H,39,40)(H,41,42)/t13-,14+,15?,22-,23-/m0/s1. The van der Waals surface area contributed by atoms with E-state index in [2.05, 4.69) is 5.32 Å². The minimum Gasteiger partial charge on any atom is -0.477 e. The van der Waals surface area contributed by atoms with E-state index >= 15 is 4.39 Å². The first-order valence-corrected chi connectivity index (χ1v) is 15.8. The Bertz CT molecular complexity index is 1700. The molecule has 0 radical (unpaired) electrons. The lowest BCUT2D eigenvalue weighted by molar-refractivity contribution is -0.163. The van der Waals surface area contributed by atoms with Gasteiger partial charge in [-0.15, -0.1) is 11.8 Å². The number of aromatic nitrogens is 1. The number of carbonyl (C=O) groups excluding carboxylic acids is 2. The fourth-order valence-electron chi connectivity index (χ4n) is 6.71. The second-order valence-electron chi connectivity index (χ2n) is 12.0. The Labute approximate surface area is 260 Å². The summed E-state index contributed by atoms with van der Waals surface area (Å²) < 4.78 is 22.3. The van der Waals surface area contributed by atoms with Gasteiger partial charge < -0.3 is 39.7 Å². The van der Waals surface area contributed by atoms with E-state index in [9.17, 15) is 39.3 Å². The minimum atomic E-state index is -1.36. The van der Waals surface area contributed by atoms with Crippen molar-refractivity contribution in [1.29, 1.82) is 0 Å². The molecule has 15 heteroatoms. The van der Waals surface area contributed by atoms with Crippen LogP contribution in [0.5, 0.6) is 0 Å². The molecule has 2 amide bonds. The van der Waals surface area contributed by atoms with E-state index in [1.165, 1.54) is 29.8 Å². The molecule has 3 aliphatic heterocycles. The van der Waals surface area contributed by atoms with E-state index in [4.69, 9.17) is 4.74 Å². The van der Waals surface area contributed by atoms with Crippen molar-refractivity contribution in [2.75, 3.05) is 30.3 Å². The van der Waals surface area contributed by atoms with Gasteiger partial charge in [-0.05, 0) is 38.3 Å². The second kappa shape index (κ2) is 11.7. The van der Waals surface area contributed by atoms with Crippen molar-refractivity contribution in [1.82, 2.24) is 14.8 Å². The van der Waals surface area contributed by atoms with Crippen molar-refractivity contribution >= 4 is 52.3 Å². The fraction of sp³-hybridized carbons (Fsp3) is 0.500. The van der Waals surface area contributed by atoms with Crippen molar-refractivity contribution in [2.45, 2.75) is 57.3 Å². The Balaban J connectivity index is 1.05. The Morgan fingerprint density at radius 2 is 1.89 bits per heavy atom. The molecule has 45 heavy (non-hydrogen) atoms. The van der Waals surface area contributed by atoms with E-state index in [-0.39, 0.29) is 53.7 Å². The predicted octanol–water partition coefficient (Wildman–Crippen LogP) is 2.37. The summed E-state index contributed by atoms with van der Waals surface area (Å²) in [5, 5.41) is 32.0. The maximum Gasteiger partial charge on any atom is 0.407 e. The van der Waals surface area contributed by atoms with Crippen LogP contribution in [-0.2, 0) is 14.3 Å². The van der Waals surface area contributed by atoms with Gasteiger partial charge in [-0.2, -0.15) is 0 Å². The first-order valence-electron chi connectivity index (χ1n) is 14.8. The number of halogens is 1. The number of benzene rings is 1. The van der Waals surface area contributed by atoms with Gasteiger partial charge in [0.25, 0.3) is 0 Å². The number of pyridine rings is 1. The van der Waals surface area contributed by atoms with Crippen LogP contribution >= 0.6 is 11.8 Å². The number of β-lactam (4-membered cyclic amide) rings is 1. The van der Waals surface area contributed by atoms with Crippen molar-refractivity contribution in [3.05, 3.63) is 50.5 Å². The van der Waals surface area contributed by atoms with E-state index in [0.29, 0.717) is 23.4 Å². The molecule has 0 spiro atoms. The quantitative estimate of drug-likeness (QED) is 0.220. The highest BCUT2D eigenvalue weighted by molar-refractivity contribution is 8.03. The lowest BCUT2D eigenvalue weighted by atomic mass is 9.79. The Morgan fingerprint density at radius 3 is 2.53 bits per heavy atom. The zero-order chi connectivity index (χ0) is 32.3. The molecule has 2 aromatic rings. The third-order valence-corrected chi connectivity index (χ3v) is 10.3. The Kier molecular flexibility index (Phi) is 8.01. The number of alkyl carbamates (subject to hydrolysis) is 1. The SMILES string of the molecule is C[C@@H]1C(SCCOC(=O)NC2CCN(c3cc4c(cc3F)c(=O)c(C(=O)O)cn4C3CC3)C2)=C(C(=O)O)N2C(=O)[C@@H]([C@@H](C)O)[C@H]12. The molecule has 0 bridgehead atoms. The molecular weight excluding hydrogens is 611 g/mol. The predicted molar refractivity (Wildman–Crippen MR) is 161 cm³/mol. The molecule has 1 aliphatic carbocycles. The summed E-state index contributed by atoms with van der Waals surface area (Å²) in [7, 11) is 0. The number of aromatic carboxylic acids is 1. The molecule has 2 saturated heterocycles. The number of hydrogen-bond acceptors (Lipinski definition) is 9. The molecule has 240 valence electrons. The van der Waals surface area contributed by atoms with Gasteiger partial charge in [-0.25, -0.2) is 18.8 Å². The number of carboxylic acids is 2.